The predicted molar refractivity (Wildman–Crippen MR) is 74.1 cm³/mol. The third kappa shape index (κ3) is 1.47. The maximum absolute atomic E-state index is 3.98. The van der Waals surface area contributed by atoms with Crippen molar-refractivity contribution in [1.82, 2.24) is 0 Å². The van der Waals surface area contributed by atoms with Crippen LogP contribution in [0.4, 0.5) is 0 Å². The number of benzene rings is 1. The van der Waals surface area contributed by atoms with Crippen LogP contribution in [0, 0.1) is 36.5 Å². The molecule has 3 aliphatic rings. The first-order chi connectivity index (χ1) is 8.25. The minimum absolute atomic E-state index is 0.612. The molecule has 4 rings (SSSR count). The van der Waals surface area contributed by atoms with Crippen molar-refractivity contribution in [1.29, 1.82) is 0 Å². The van der Waals surface area contributed by atoms with E-state index in [4.69, 9.17) is 0 Å². The molecular weight excluding hydrogens is 272 g/mol. The molecule has 17 heavy (non-hydrogen) atoms. The SMILES string of the molecule is Cc1ccc(C(Br)C2C3C4CCC(C4)C32)cc1. The Kier molecular flexibility index (Phi) is 2.25. The molecule has 3 saturated carbocycles. The van der Waals surface area contributed by atoms with E-state index in [-0.39, 0.29) is 0 Å². The largest absolute Gasteiger partial charge is 0.0836 e. The van der Waals surface area contributed by atoms with Gasteiger partial charge in [-0.1, -0.05) is 45.8 Å². The van der Waals surface area contributed by atoms with Gasteiger partial charge in [0.15, 0.2) is 0 Å². The van der Waals surface area contributed by atoms with Crippen LogP contribution in [0.3, 0.4) is 0 Å². The number of alkyl halides is 1. The van der Waals surface area contributed by atoms with Crippen LogP contribution in [0.15, 0.2) is 24.3 Å². The summed E-state index contributed by atoms with van der Waals surface area (Å²) in [6.45, 7) is 2.17. The Morgan fingerprint density at radius 3 is 2.24 bits per heavy atom. The van der Waals surface area contributed by atoms with Crippen LogP contribution in [0.25, 0.3) is 0 Å². The number of halogens is 1. The van der Waals surface area contributed by atoms with Crippen LogP contribution in [0.2, 0.25) is 0 Å². The van der Waals surface area contributed by atoms with E-state index in [2.05, 4.69) is 47.1 Å². The second kappa shape index (κ2) is 3.60. The molecular formula is C16H19Br. The van der Waals surface area contributed by atoms with Gasteiger partial charge in [-0.15, -0.1) is 0 Å². The van der Waals surface area contributed by atoms with E-state index in [0.717, 1.165) is 29.6 Å². The molecule has 5 unspecified atom stereocenters. The van der Waals surface area contributed by atoms with E-state index in [9.17, 15) is 0 Å². The smallest absolute Gasteiger partial charge is 0.0429 e. The zero-order chi connectivity index (χ0) is 11.6. The van der Waals surface area contributed by atoms with Gasteiger partial charge in [0, 0.05) is 4.83 Å². The van der Waals surface area contributed by atoms with Crippen molar-refractivity contribution >= 4 is 15.9 Å². The summed E-state index contributed by atoms with van der Waals surface area (Å²) in [5.74, 6) is 5.25. The maximum Gasteiger partial charge on any atom is 0.0429 e. The van der Waals surface area contributed by atoms with Gasteiger partial charge >= 0.3 is 0 Å². The fraction of sp³-hybridized carbons (Fsp3) is 0.625. The van der Waals surface area contributed by atoms with Gasteiger partial charge in [0.1, 0.15) is 0 Å². The molecule has 0 amide bonds. The number of hydrogen-bond donors (Lipinski definition) is 0. The second-order valence-electron chi connectivity index (χ2n) is 6.38. The first-order valence-corrected chi connectivity index (χ1v) is 7.88. The van der Waals surface area contributed by atoms with Crippen LogP contribution in [0.1, 0.15) is 35.2 Å². The van der Waals surface area contributed by atoms with Crippen molar-refractivity contribution in [3.63, 3.8) is 0 Å². The minimum Gasteiger partial charge on any atom is -0.0836 e. The van der Waals surface area contributed by atoms with Gasteiger partial charge < -0.3 is 0 Å². The topological polar surface area (TPSA) is 0 Å². The fourth-order valence-electron chi connectivity index (χ4n) is 4.76. The molecule has 5 atom stereocenters. The predicted octanol–water partition coefficient (Wildman–Crippen LogP) is 4.72. The highest BCUT2D eigenvalue weighted by Gasteiger charge is 2.66. The summed E-state index contributed by atoms with van der Waals surface area (Å²) in [6.07, 6.45) is 4.60. The highest BCUT2D eigenvalue weighted by atomic mass is 79.9. The van der Waals surface area contributed by atoms with Gasteiger partial charge in [0.05, 0.1) is 0 Å². The first kappa shape index (κ1) is 10.6. The molecule has 0 radical (unpaired) electrons. The lowest BCUT2D eigenvalue weighted by Crippen LogP contribution is -2.03. The van der Waals surface area contributed by atoms with Gasteiger partial charge in [-0.2, -0.15) is 0 Å². The summed E-state index contributed by atoms with van der Waals surface area (Å²) in [5, 5.41) is 0. The second-order valence-corrected chi connectivity index (χ2v) is 7.36. The van der Waals surface area contributed by atoms with E-state index in [1.165, 1.54) is 24.0 Å². The van der Waals surface area contributed by atoms with Crippen molar-refractivity contribution in [2.24, 2.45) is 29.6 Å². The summed E-state index contributed by atoms with van der Waals surface area (Å²) in [6, 6.07) is 9.11. The van der Waals surface area contributed by atoms with E-state index < -0.39 is 0 Å². The Morgan fingerprint density at radius 2 is 1.65 bits per heavy atom. The van der Waals surface area contributed by atoms with E-state index in [0.29, 0.717) is 4.83 Å². The average Bonchev–Trinajstić information content (AvgIpc) is 2.77. The summed E-state index contributed by atoms with van der Waals surface area (Å²) in [7, 11) is 0. The molecule has 0 spiro atoms. The molecule has 0 nitrogen and oxygen atoms in total. The molecule has 3 fully saturated rings. The van der Waals surface area contributed by atoms with E-state index in [1.54, 1.807) is 6.42 Å². The molecule has 1 aromatic carbocycles. The van der Waals surface area contributed by atoms with Crippen molar-refractivity contribution in [3.05, 3.63) is 35.4 Å². The molecule has 0 heterocycles. The van der Waals surface area contributed by atoms with Crippen LogP contribution in [-0.4, -0.2) is 0 Å². The van der Waals surface area contributed by atoms with E-state index >= 15 is 0 Å². The average molecular weight is 291 g/mol. The molecule has 1 aromatic rings. The molecule has 90 valence electrons. The van der Waals surface area contributed by atoms with Gasteiger partial charge in [-0.3, -0.25) is 0 Å². The lowest BCUT2D eigenvalue weighted by molar-refractivity contribution is 0.456. The lowest BCUT2D eigenvalue weighted by atomic mass is 9.97. The minimum atomic E-state index is 0.612. The Labute approximate surface area is 112 Å². The van der Waals surface area contributed by atoms with Gasteiger partial charge in [0.2, 0.25) is 0 Å². The van der Waals surface area contributed by atoms with Crippen molar-refractivity contribution < 1.29 is 0 Å². The Morgan fingerprint density at radius 1 is 1.06 bits per heavy atom. The Balaban J connectivity index is 1.55. The van der Waals surface area contributed by atoms with Crippen molar-refractivity contribution in [3.8, 4) is 0 Å². The van der Waals surface area contributed by atoms with Gasteiger partial charge in [-0.25, -0.2) is 0 Å². The van der Waals surface area contributed by atoms with Crippen LogP contribution < -0.4 is 0 Å². The number of fused-ring (bicyclic) bond motifs is 5. The monoisotopic (exact) mass is 290 g/mol. The highest BCUT2D eigenvalue weighted by molar-refractivity contribution is 9.09. The highest BCUT2D eigenvalue weighted by Crippen LogP contribution is 2.73. The zero-order valence-electron chi connectivity index (χ0n) is 10.3. The zero-order valence-corrected chi connectivity index (χ0v) is 11.9. The van der Waals surface area contributed by atoms with Gasteiger partial charge in [-0.05, 0) is 61.3 Å². The Hall–Kier alpha value is -0.300. The van der Waals surface area contributed by atoms with Crippen LogP contribution in [0.5, 0.6) is 0 Å². The Bertz CT molecular complexity index is 419. The third-order valence-corrected chi connectivity index (χ3v) is 6.67. The molecule has 3 aliphatic carbocycles. The molecule has 1 heteroatoms. The van der Waals surface area contributed by atoms with Crippen LogP contribution >= 0.6 is 15.9 Å². The number of rotatable bonds is 2. The van der Waals surface area contributed by atoms with E-state index in [1.807, 2.05) is 0 Å². The summed E-state index contributed by atoms with van der Waals surface area (Å²) in [5.41, 5.74) is 2.86. The fourth-order valence-corrected chi connectivity index (χ4v) is 5.77. The molecule has 0 aromatic heterocycles. The van der Waals surface area contributed by atoms with Gasteiger partial charge in [0.25, 0.3) is 0 Å². The van der Waals surface area contributed by atoms with Crippen LogP contribution in [-0.2, 0) is 0 Å². The number of hydrogen-bond acceptors (Lipinski definition) is 0. The number of aryl methyl sites for hydroxylation is 1. The summed E-state index contributed by atoms with van der Waals surface area (Å²) in [4.78, 5) is 0.612. The van der Waals surface area contributed by atoms with Crippen molar-refractivity contribution in [2.75, 3.05) is 0 Å². The normalized spacial score (nSPS) is 43.5. The third-order valence-electron chi connectivity index (χ3n) is 5.53. The molecule has 0 aliphatic heterocycles. The molecule has 0 N–H and O–H groups in total. The summed E-state index contributed by atoms with van der Waals surface area (Å²) >= 11 is 3.98. The standard InChI is InChI=1S/C16H19Br/c1-9-2-4-10(5-3-9)16(17)15-13-11-6-7-12(8-11)14(13)15/h2-5,11-16H,6-8H2,1H3. The lowest BCUT2D eigenvalue weighted by Gasteiger charge is -2.15. The molecule has 0 saturated heterocycles. The van der Waals surface area contributed by atoms with Crippen molar-refractivity contribution in [2.45, 2.75) is 31.0 Å². The first-order valence-electron chi connectivity index (χ1n) is 6.96. The summed E-state index contributed by atoms with van der Waals surface area (Å²) < 4.78 is 0. The molecule has 2 bridgehead atoms. The maximum atomic E-state index is 3.98. The quantitative estimate of drug-likeness (QED) is 0.691.